The third kappa shape index (κ3) is 1.43. The zero-order valence-electron chi connectivity index (χ0n) is 6.89. The molecule has 1 heteroatoms. The lowest BCUT2D eigenvalue weighted by Gasteiger charge is -1.96. The van der Waals surface area contributed by atoms with E-state index in [-0.39, 0.29) is 0 Å². The van der Waals surface area contributed by atoms with Crippen molar-refractivity contribution in [2.75, 3.05) is 0 Å². The summed E-state index contributed by atoms with van der Waals surface area (Å²) >= 11 is 0. The summed E-state index contributed by atoms with van der Waals surface area (Å²) < 4.78 is 0. The van der Waals surface area contributed by atoms with E-state index in [0.717, 1.165) is 22.3 Å². The van der Waals surface area contributed by atoms with Gasteiger partial charge in [0, 0.05) is 5.22 Å². The van der Waals surface area contributed by atoms with Gasteiger partial charge in [0.05, 0.1) is 6.26 Å². The van der Waals surface area contributed by atoms with Gasteiger partial charge in [0.15, 0.2) is 0 Å². The van der Waals surface area contributed by atoms with E-state index in [0.29, 0.717) is 0 Å². The zero-order valence-corrected chi connectivity index (χ0v) is 6.89. The van der Waals surface area contributed by atoms with Crippen LogP contribution >= 0.6 is 0 Å². The summed E-state index contributed by atoms with van der Waals surface area (Å²) in [6.45, 7) is 7.80. The summed E-state index contributed by atoms with van der Waals surface area (Å²) in [6, 6.07) is 3.98. The van der Waals surface area contributed by atoms with Crippen molar-refractivity contribution in [1.82, 2.24) is 0 Å². The van der Waals surface area contributed by atoms with Gasteiger partial charge in [0.25, 0.3) is 0 Å². The molecular weight excluding hydrogens is 136 g/mol. The molecule has 1 nitrogen and oxygen atoms in total. The molecule has 1 aromatic rings. The number of benzene rings is 1. The molecule has 1 rings (SSSR count). The molecule has 0 amide bonds. The number of aryl methyl sites for hydroxylation is 2. The molecule has 0 saturated carbocycles. The first kappa shape index (κ1) is 7.86. The maximum atomic E-state index is 8.83. The van der Waals surface area contributed by atoms with E-state index in [1.54, 1.807) is 0 Å². The van der Waals surface area contributed by atoms with Crippen molar-refractivity contribution in [3.8, 4) is 0 Å². The van der Waals surface area contributed by atoms with Gasteiger partial charge in [-0.05, 0) is 24.6 Å². The van der Waals surface area contributed by atoms with Crippen LogP contribution in [0.25, 0.3) is 12.8 Å². The van der Waals surface area contributed by atoms with Crippen LogP contribution < -0.4 is 10.4 Å². The summed E-state index contributed by atoms with van der Waals surface area (Å²) in [4.78, 5) is 0. The molecule has 0 radical (unpaired) electrons. The molecule has 0 aliphatic carbocycles. The summed E-state index contributed by atoms with van der Waals surface area (Å²) in [6.07, 6.45) is 1.11. The van der Waals surface area contributed by atoms with Gasteiger partial charge >= 0.3 is 0 Å². The lowest BCUT2D eigenvalue weighted by molar-refractivity contribution is 0.539. The maximum absolute atomic E-state index is 8.83. The minimum Gasteiger partial charge on any atom is -0.515 e. The van der Waals surface area contributed by atoms with Gasteiger partial charge in [0.2, 0.25) is 0 Å². The topological polar surface area (TPSA) is 20.2 Å². The molecule has 0 spiro atoms. The van der Waals surface area contributed by atoms with Crippen molar-refractivity contribution in [2.45, 2.75) is 13.8 Å². The van der Waals surface area contributed by atoms with Crippen LogP contribution in [0, 0.1) is 13.8 Å². The molecule has 58 valence electrons. The van der Waals surface area contributed by atoms with E-state index in [2.05, 4.69) is 6.58 Å². The third-order valence-corrected chi connectivity index (χ3v) is 1.75. The SMILES string of the molecule is C=c1cc(C)cc(C)c1=CO. The number of hydrogen-bond donors (Lipinski definition) is 1. The molecule has 0 bridgehead atoms. The van der Waals surface area contributed by atoms with Crippen LogP contribution in [0.3, 0.4) is 0 Å². The van der Waals surface area contributed by atoms with Crippen LogP contribution in [0.4, 0.5) is 0 Å². The quantitative estimate of drug-likeness (QED) is 0.582. The minimum atomic E-state index is 0.829. The van der Waals surface area contributed by atoms with Crippen LogP contribution in [0.1, 0.15) is 11.1 Å². The van der Waals surface area contributed by atoms with Crippen LogP contribution in [-0.2, 0) is 0 Å². The Morgan fingerprint density at radius 3 is 2.45 bits per heavy atom. The molecule has 1 aromatic carbocycles. The van der Waals surface area contributed by atoms with E-state index in [9.17, 15) is 0 Å². The fraction of sp³-hybridized carbons (Fsp3) is 0.200. The van der Waals surface area contributed by atoms with Gasteiger partial charge in [0.1, 0.15) is 0 Å². The fourth-order valence-electron chi connectivity index (χ4n) is 1.25. The maximum Gasteiger partial charge on any atom is 0.0872 e. The zero-order chi connectivity index (χ0) is 8.43. The van der Waals surface area contributed by atoms with Crippen molar-refractivity contribution < 1.29 is 5.11 Å². The molecule has 0 heterocycles. The Morgan fingerprint density at radius 1 is 1.36 bits per heavy atom. The molecule has 0 aliphatic rings. The molecule has 0 unspecified atom stereocenters. The number of aliphatic hydroxyl groups excluding tert-OH is 1. The summed E-state index contributed by atoms with van der Waals surface area (Å²) in [5, 5.41) is 10.5. The smallest absolute Gasteiger partial charge is 0.0872 e. The molecule has 0 aliphatic heterocycles. The highest BCUT2D eigenvalue weighted by molar-refractivity contribution is 5.30. The van der Waals surface area contributed by atoms with E-state index < -0.39 is 0 Å². The number of hydrogen-bond acceptors (Lipinski definition) is 1. The Bertz CT molecular complexity index is 363. The summed E-state index contributed by atoms with van der Waals surface area (Å²) in [7, 11) is 0. The average Bonchev–Trinajstić information content (AvgIpc) is 1.85. The van der Waals surface area contributed by atoms with E-state index in [1.165, 1.54) is 5.56 Å². The van der Waals surface area contributed by atoms with Gasteiger partial charge in [-0.15, -0.1) is 0 Å². The number of aliphatic hydroxyl groups is 1. The van der Waals surface area contributed by atoms with E-state index in [4.69, 9.17) is 5.11 Å². The normalized spacial score (nSPS) is 12.0. The predicted octanol–water partition coefficient (Wildman–Crippen LogP) is 1.01. The fourth-order valence-corrected chi connectivity index (χ4v) is 1.25. The van der Waals surface area contributed by atoms with Crippen LogP contribution in [0.15, 0.2) is 12.1 Å². The lowest BCUT2D eigenvalue weighted by Crippen LogP contribution is -2.26. The monoisotopic (exact) mass is 148 g/mol. The second-order valence-corrected chi connectivity index (χ2v) is 2.78. The third-order valence-electron chi connectivity index (χ3n) is 1.75. The first-order chi connectivity index (χ1) is 5.15. The minimum absolute atomic E-state index is 0.829. The number of rotatable bonds is 0. The largest absolute Gasteiger partial charge is 0.515 e. The molecule has 0 atom stereocenters. The highest BCUT2D eigenvalue weighted by Gasteiger charge is 1.90. The second kappa shape index (κ2) is 2.79. The first-order valence-electron chi connectivity index (χ1n) is 3.56. The lowest BCUT2D eigenvalue weighted by atomic mass is 10.1. The highest BCUT2D eigenvalue weighted by atomic mass is 16.2. The van der Waals surface area contributed by atoms with Gasteiger partial charge in [-0.25, -0.2) is 0 Å². The van der Waals surface area contributed by atoms with Crippen molar-refractivity contribution in [1.29, 1.82) is 0 Å². The molecule has 0 fully saturated rings. The Hall–Kier alpha value is -1.24. The highest BCUT2D eigenvalue weighted by Crippen LogP contribution is 1.92. The first-order valence-corrected chi connectivity index (χ1v) is 3.56. The molecular formula is C10H12O. The average molecular weight is 148 g/mol. The standard InChI is InChI=1S/C10H12O/c1-7-4-8(2)10(6-11)9(3)5-7/h4-6,11H,2H2,1,3H3. The Labute approximate surface area is 66.3 Å². The van der Waals surface area contributed by atoms with Crippen molar-refractivity contribution >= 4 is 12.8 Å². The Morgan fingerprint density at radius 2 is 2.00 bits per heavy atom. The van der Waals surface area contributed by atoms with Crippen LogP contribution in [-0.4, -0.2) is 5.11 Å². The molecule has 0 saturated heterocycles. The molecule has 11 heavy (non-hydrogen) atoms. The Kier molecular flexibility index (Phi) is 1.99. The van der Waals surface area contributed by atoms with Crippen molar-refractivity contribution in [2.24, 2.45) is 0 Å². The van der Waals surface area contributed by atoms with Gasteiger partial charge in [-0.1, -0.05) is 24.3 Å². The van der Waals surface area contributed by atoms with E-state index in [1.807, 2.05) is 26.0 Å². The second-order valence-electron chi connectivity index (χ2n) is 2.78. The van der Waals surface area contributed by atoms with Crippen LogP contribution in [0.2, 0.25) is 0 Å². The van der Waals surface area contributed by atoms with Gasteiger partial charge in [-0.2, -0.15) is 0 Å². The van der Waals surface area contributed by atoms with Crippen LogP contribution in [0.5, 0.6) is 0 Å². The van der Waals surface area contributed by atoms with E-state index >= 15 is 0 Å². The molecule has 1 N–H and O–H groups in total. The van der Waals surface area contributed by atoms with Crippen molar-refractivity contribution in [3.05, 3.63) is 33.7 Å². The van der Waals surface area contributed by atoms with Crippen molar-refractivity contribution in [3.63, 3.8) is 0 Å². The predicted molar refractivity (Wildman–Crippen MR) is 47.8 cm³/mol. The van der Waals surface area contributed by atoms with Gasteiger partial charge in [-0.3, -0.25) is 0 Å². The summed E-state index contributed by atoms with van der Waals surface area (Å²) in [5.41, 5.74) is 2.25. The van der Waals surface area contributed by atoms with Gasteiger partial charge < -0.3 is 5.11 Å². The Balaban J connectivity index is 3.64. The summed E-state index contributed by atoms with van der Waals surface area (Å²) in [5.74, 6) is 0. The molecule has 0 aromatic heterocycles.